The predicted octanol–water partition coefficient (Wildman–Crippen LogP) is 4.22. The largest absolute Gasteiger partial charge is 0.459 e. The normalized spacial score (nSPS) is 20.8. The maximum absolute atomic E-state index is 13.6. The van der Waals surface area contributed by atoms with Gasteiger partial charge in [0.1, 0.15) is 12.2 Å². The van der Waals surface area contributed by atoms with E-state index in [9.17, 15) is 29.1 Å². The summed E-state index contributed by atoms with van der Waals surface area (Å²) in [5.74, 6) is -4.46. The van der Waals surface area contributed by atoms with Crippen molar-refractivity contribution in [1.29, 1.82) is 0 Å². The molecule has 0 spiro atoms. The van der Waals surface area contributed by atoms with E-state index in [-0.39, 0.29) is 22.3 Å². The van der Waals surface area contributed by atoms with Gasteiger partial charge in [-0.1, -0.05) is 72.8 Å². The molecular weight excluding hydrogens is 580 g/mol. The molecule has 0 bridgehead atoms. The third-order valence-electron chi connectivity index (χ3n) is 7.13. The number of aliphatic hydroxyl groups is 1. The highest BCUT2D eigenvalue weighted by Crippen LogP contribution is 2.35. The lowest BCUT2D eigenvalue weighted by molar-refractivity contribution is -0.200. The molecular formula is C35H28O10. The van der Waals surface area contributed by atoms with E-state index in [2.05, 4.69) is 0 Å². The molecule has 5 rings (SSSR count). The third-order valence-corrected chi connectivity index (χ3v) is 7.13. The Balaban J connectivity index is 1.52. The molecule has 10 nitrogen and oxygen atoms in total. The summed E-state index contributed by atoms with van der Waals surface area (Å²) in [6.45, 7) is -0.821. The Kier molecular flexibility index (Phi) is 9.45. The molecule has 0 aliphatic heterocycles. The highest BCUT2D eigenvalue weighted by atomic mass is 16.6. The van der Waals surface area contributed by atoms with Gasteiger partial charge >= 0.3 is 23.9 Å². The number of hydrogen-bond donors (Lipinski definition) is 1. The fraction of sp³-hybridized carbons (Fsp3) is 0.171. The molecule has 1 aliphatic carbocycles. The smallest absolute Gasteiger partial charge is 0.338 e. The first-order valence-electron chi connectivity index (χ1n) is 14.0. The first kappa shape index (κ1) is 30.8. The zero-order valence-corrected chi connectivity index (χ0v) is 23.8. The van der Waals surface area contributed by atoms with Crippen LogP contribution in [-0.4, -0.2) is 65.3 Å². The molecule has 4 aromatic rings. The predicted molar refractivity (Wildman–Crippen MR) is 158 cm³/mol. The minimum atomic E-state index is -2.39. The van der Waals surface area contributed by atoms with Crippen molar-refractivity contribution in [2.75, 3.05) is 6.61 Å². The fourth-order valence-electron chi connectivity index (χ4n) is 4.85. The van der Waals surface area contributed by atoms with Crippen molar-refractivity contribution in [2.45, 2.75) is 30.3 Å². The van der Waals surface area contributed by atoms with Crippen molar-refractivity contribution in [3.05, 3.63) is 144 Å². The van der Waals surface area contributed by atoms with Gasteiger partial charge in [-0.05, 0) is 48.5 Å². The average molecular weight is 609 g/mol. The van der Waals surface area contributed by atoms with E-state index in [0.717, 1.165) is 0 Å². The van der Waals surface area contributed by atoms with E-state index in [1.165, 1.54) is 48.5 Å². The summed E-state index contributed by atoms with van der Waals surface area (Å²) in [7, 11) is 0. The summed E-state index contributed by atoms with van der Waals surface area (Å²) in [5.41, 5.74) is -1.94. The van der Waals surface area contributed by atoms with Gasteiger partial charge in [-0.15, -0.1) is 0 Å². The van der Waals surface area contributed by atoms with Crippen molar-refractivity contribution < 1.29 is 48.0 Å². The molecule has 0 amide bonds. The van der Waals surface area contributed by atoms with Gasteiger partial charge in [0.05, 0.1) is 22.3 Å². The zero-order chi connectivity index (χ0) is 31.8. The van der Waals surface area contributed by atoms with Gasteiger partial charge in [-0.25, -0.2) is 19.2 Å². The van der Waals surface area contributed by atoms with E-state index in [1.54, 1.807) is 72.8 Å². The molecule has 228 valence electrons. The topological polar surface area (TPSA) is 143 Å². The standard InChI is InChI=1S/C35H28O10/c36-27-21-35(41,22-42-31(37)23-13-5-1-6-14-23)30(45-34(40)26-19-11-4-12-20-26)29(44-33(39)25-17-9-3-10-18-25)28(27)43-32(38)24-15-7-2-8-16-24/h1-20,28-30,41H,21-22H2/t28-,29-,30+,35+/m1/s1. The lowest BCUT2D eigenvalue weighted by atomic mass is 9.78. The molecule has 45 heavy (non-hydrogen) atoms. The number of carbonyl (C=O) groups is 5. The molecule has 4 aromatic carbocycles. The van der Waals surface area contributed by atoms with E-state index in [0.29, 0.717) is 0 Å². The van der Waals surface area contributed by atoms with Crippen LogP contribution in [0.2, 0.25) is 0 Å². The van der Waals surface area contributed by atoms with Crippen LogP contribution in [0.25, 0.3) is 0 Å². The number of benzene rings is 4. The summed E-state index contributed by atoms with van der Waals surface area (Å²) < 4.78 is 22.4. The first-order valence-corrected chi connectivity index (χ1v) is 14.0. The second-order valence-corrected chi connectivity index (χ2v) is 10.3. The monoisotopic (exact) mass is 608 g/mol. The molecule has 0 heterocycles. The minimum Gasteiger partial charge on any atom is -0.459 e. The van der Waals surface area contributed by atoms with Crippen LogP contribution in [0.1, 0.15) is 47.9 Å². The first-order chi connectivity index (χ1) is 21.7. The van der Waals surface area contributed by atoms with Gasteiger partial charge in [0.15, 0.2) is 18.0 Å². The van der Waals surface area contributed by atoms with Crippen LogP contribution >= 0.6 is 0 Å². The molecule has 1 saturated carbocycles. The van der Waals surface area contributed by atoms with Crippen LogP contribution in [0.4, 0.5) is 0 Å². The highest BCUT2D eigenvalue weighted by Gasteiger charge is 2.59. The number of carbonyl (C=O) groups excluding carboxylic acids is 5. The van der Waals surface area contributed by atoms with Crippen molar-refractivity contribution in [3.8, 4) is 0 Å². The fourth-order valence-corrected chi connectivity index (χ4v) is 4.85. The lowest BCUT2D eigenvalue weighted by Gasteiger charge is -2.44. The molecule has 0 saturated heterocycles. The number of Topliss-reactive ketones (excluding diaryl/α,β-unsaturated/α-hetero) is 1. The summed E-state index contributed by atoms with van der Waals surface area (Å²) in [6.07, 6.45) is -6.22. The zero-order valence-electron chi connectivity index (χ0n) is 23.8. The van der Waals surface area contributed by atoms with Crippen molar-refractivity contribution in [1.82, 2.24) is 0 Å². The number of ketones is 1. The summed E-state index contributed by atoms with van der Waals surface area (Å²) in [5, 5.41) is 11.9. The molecule has 1 fully saturated rings. The van der Waals surface area contributed by atoms with Gasteiger partial charge in [0.2, 0.25) is 6.10 Å². The van der Waals surface area contributed by atoms with Crippen LogP contribution in [0.5, 0.6) is 0 Å². The molecule has 4 atom stereocenters. The quantitative estimate of drug-likeness (QED) is 0.217. The maximum atomic E-state index is 13.6. The van der Waals surface area contributed by atoms with E-state index in [4.69, 9.17) is 18.9 Å². The van der Waals surface area contributed by atoms with Crippen molar-refractivity contribution >= 4 is 29.7 Å². The Labute approximate surface area is 258 Å². The number of ether oxygens (including phenoxy) is 4. The maximum Gasteiger partial charge on any atom is 0.338 e. The molecule has 0 radical (unpaired) electrons. The van der Waals surface area contributed by atoms with Gasteiger partial charge in [0.25, 0.3) is 0 Å². The highest BCUT2D eigenvalue weighted by molar-refractivity contribution is 5.95. The number of hydrogen-bond acceptors (Lipinski definition) is 10. The van der Waals surface area contributed by atoms with Crippen molar-refractivity contribution in [3.63, 3.8) is 0 Å². The third kappa shape index (κ3) is 7.31. The molecule has 1 N–H and O–H groups in total. The van der Waals surface area contributed by atoms with Gasteiger partial charge < -0.3 is 24.1 Å². The van der Waals surface area contributed by atoms with Crippen LogP contribution in [-0.2, 0) is 23.7 Å². The summed E-state index contributed by atoms with van der Waals surface area (Å²) in [4.78, 5) is 66.1. The van der Waals surface area contributed by atoms with Crippen LogP contribution < -0.4 is 0 Å². The Bertz CT molecular complexity index is 1660. The second-order valence-electron chi connectivity index (χ2n) is 10.3. The number of esters is 4. The van der Waals surface area contributed by atoms with E-state index in [1.807, 2.05) is 0 Å². The molecule has 0 aromatic heterocycles. The summed E-state index contributed by atoms with van der Waals surface area (Å²) in [6, 6.07) is 31.3. The van der Waals surface area contributed by atoms with Gasteiger partial charge in [-0.3, -0.25) is 4.79 Å². The van der Waals surface area contributed by atoms with E-state index < -0.39 is 66.6 Å². The Morgan fingerprint density at radius 2 is 0.956 bits per heavy atom. The molecule has 1 aliphatic rings. The Morgan fingerprint density at radius 3 is 1.40 bits per heavy atom. The SMILES string of the molecule is O=C(OC[C@@]1(O)CC(=O)[C@@H](OC(=O)c2ccccc2)[C@@H](OC(=O)c2ccccc2)[C@@H]1OC(=O)c1ccccc1)c1ccccc1. The Hall–Kier alpha value is -5.61. The Morgan fingerprint density at radius 1 is 0.578 bits per heavy atom. The minimum absolute atomic E-state index is 0.0795. The second kappa shape index (κ2) is 13.8. The molecule has 10 heteroatoms. The van der Waals surface area contributed by atoms with Crippen LogP contribution in [0.3, 0.4) is 0 Å². The van der Waals surface area contributed by atoms with Crippen molar-refractivity contribution in [2.24, 2.45) is 0 Å². The summed E-state index contributed by atoms with van der Waals surface area (Å²) >= 11 is 0. The van der Waals surface area contributed by atoms with Gasteiger partial charge in [0, 0.05) is 6.42 Å². The van der Waals surface area contributed by atoms with Crippen LogP contribution in [0, 0.1) is 0 Å². The average Bonchev–Trinajstić information content (AvgIpc) is 3.08. The van der Waals surface area contributed by atoms with E-state index >= 15 is 0 Å². The number of rotatable bonds is 9. The molecule has 0 unspecified atom stereocenters. The lowest BCUT2D eigenvalue weighted by Crippen LogP contribution is -2.66. The van der Waals surface area contributed by atoms with Gasteiger partial charge in [-0.2, -0.15) is 0 Å². The van der Waals surface area contributed by atoms with Crippen LogP contribution in [0.15, 0.2) is 121 Å².